The number of carbonyl (C=O) groups excluding carboxylic acids is 1. The minimum Gasteiger partial charge on any atom is -0.491 e. The summed E-state index contributed by atoms with van der Waals surface area (Å²) in [6, 6.07) is 8.51. The van der Waals surface area contributed by atoms with E-state index < -0.39 is 29.8 Å². The van der Waals surface area contributed by atoms with Crippen LogP contribution in [0.4, 0.5) is 18.9 Å². The van der Waals surface area contributed by atoms with Crippen LogP contribution in [0.15, 0.2) is 47.4 Å². The van der Waals surface area contributed by atoms with E-state index in [9.17, 15) is 22.8 Å². The van der Waals surface area contributed by atoms with Crippen molar-refractivity contribution in [2.75, 3.05) is 11.9 Å². The first-order valence-electron chi connectivity index (χ1n) is 8.11. The van der Waals surface area contributed by atoms with Crippen molar-refractivity contribution in [3.05, 3.63) is 58.5 Å². The third-order valence-corrected chi connectivity index (χ3v) is 3.56. The standard InChI is InChI=1S/C18H19F3N2O3/c1-2-3-11-26-15-9-5-4-8-14(15)22-16(24)12-23-10-6-7-13(17(23)25)18(19,20)21/h4-10H,2-3,11-12H2,1H3,(H,22,24). The molecule has 0 saturated heterocycles. The van der Waals surface area contributed by atoms with Crippen LogP contribution in [0.1, 0.15) is 25.3 Å². The number of nitrogens with zero attached hydrogens (tertiary/aromatic N) is 1. The van der Waals surface area contributed by atoms with Crippen LogP contribution in [0.25, 0.3) is 0 Å². The van der Waals surface area contributed by atoms with Crippen molar-refractivity contribution >= 4 is 11.6 Å². The average Bonchev–Trinajstić information content (AvgIpc) is 2.57. The summed E-state index contributed by atoms with van der Waals surface area (Å²) in [7, 11) is 0. The highest BCUT2D eigenvalue weighted by atomic mass is 19.4. The number of hydrogen-bond donors (Lipinski definition) is 1. The normalized spacial score (nSPS) is 11.2. The van der Waals surface area contributed by atoms with Gasteiger partial charge < -0.3 is 14.6 Å². The number of benzene rings is 1. The van der Waals surface area contributed by atoms with Gasteiger partial charge in [0.05, 0.1) is 12.3 Å². The van der Waals surface area contributed by atoms with E-state index in [4.69, 9.17) is 4.74 Å². The molecule has 0 aliphatic rings. The van der Waals surface area contributed by atoms with Crippen LogP contribution in [-0.4, -0.2) is 17.1 Å². The number of carbonyl (C=O) groups is 1. The Morgan fingerprint density at radius 2 is 1.92 bits per heavy atom. The van der Waals surface area contributed by atoms with Gasteiger partial charge in [-0.1, -0.05) is 25.5 Å². The summed E-state index contributed by atoms with van der Waals surface area (Å²) in [6.07, 6.45) is -1.83. The van der Waals surface area contributed by atoms with Gasteiger partial charge in [0.15, 0.2) is 0 Å². The van der Waals surface area contributed by atoms with Gasteiger partial charge >= 0.3 is 6.18 Å². The molecule has 0 radical (unpaired) electrons. The summed E-state index contributed by atoms with van der Waals surface area (Å²) in [5.74, 6) is -0.163. The SMILES string of the molecule is CCCCOc1ccccc1NC(=O)Cn1cccc(C(F)(F)F)c1=O. The molecule has 0 spiro atoms. The van der Waals surface area contributed by atoms with E-state index in [-0.39, 0.29) is 0 Å². The Kier molecular flexibility index (Phi) is 6.43. The number of halogens is 3. The van der Waals surface area contributed by atoms with E-state index in [2.05, 4.69) is 5.32 Å². The molecule has 140 valence electrons. The summed E-state index contributed by atoms with van der Waals surface area (Å²) in [5, 5.41) is 2.57. The molecule has 1 amide bonds. The number of amides is 1. The highest BCUT2D eigenvalue weighted by Crippen LogP contribution is 2.26. The van der Waals surface area contributed by atoms with Crippen LogP contribution in [0.3, 0.4) is 0 Å². The molecule has 1 N–H and O–H groups in total. The molecule has 0 atom stereocenters. The Balaban J connectivity index is 2.12. The van der Waals surface area contributed by atoms with Crippen LogP contribution >= 0.6 is 0 Å². The summed E-state index contributed by atoms with van der Waals surface area (Å²) < 4.78 is 44.7. The molecule has 2 rings (SSSR count). The van der Waals surface area contributed by atoms with Gasteiger partial charge in [0, 0.05) is 6.20 Å². The van der Waals surface area contributed by atoms with Crippen molar-refractivity contribution in [3.8, 4) is 5.75 Å². The van der Waals surface area contributed by atoms with Crippen LogP contribution < -0.4 is 15.6 Å². The fraction of sp³-hybridized carbons (Fsp3) is 0.333. The molecule has 0 bridgehead atoms. The number of rotatable bonds is 7. The van der Waals surface area contributed by atoms with Gasteiger partial charge in [-0.2, -0.15) is 13.2 Å². The maximum absolute atomic E-state index is 12.8. The quantitative estimate of drug-likeness (QED) is 0.759. The predicted molar refractivity (Wildman–Crippen MR) is 91.2 cm³/mol. The van der Waals surface area contributed by atoms with Crippen LogP contribution in [0.2, 0.25) is 0 Å². The van der Waals surface area contributed by atoms with Crippen molar-refractivity contribution in [3.63, 3.8) is 0 Å². The highest BCUT2D eigenvalue weighted by Gasteiger charge is 2.34. The number of hydrogen-bond acceptors (Lipinski definition) is 3. The number of nitrogens with one attached hydrogen (secondary N) is 1. The zero-order valence-corrected chi connectivity index (χ0v) is 14.2. The molecule has 1 heterocycles. The first-order chi connectivity index (χ1) is 12.3. The second-order valence-electron chi connectivity index (χ2n) is 5.60. The second-order valence-corrected chi connectivity index (χ2v) is 5.60. The molecule has 0 aliphatic carbocycles. The number of anilines is 1. The summed E-state index contributed by atoms with van der Waals surface area (Å²) in [6.45, 7) is 1.96. The van der Waals surface area contributed by atoms with Crippen LogP contribution in [0.5, 0.6) is 5.75 Å². The second kappa shape index (κ2) is 8.55. The molecule has 26 heavy (non-hydrogen) atoms. The molecule has 0 unspecified atom stereocenters. The summed E-state index contributed by atoms with van der Waals surface area (Å²) in [4.78, 5) is 24.1. The van der Waals surface area contributed by atoms with Crippen molar-refractivity contribution in [2.24, 2.45) is 0 Å². The zero-order valence-electron chi connectivity index (χ0n) is 14.2. The van der Waals surface area contributed by atoms with E-state index in [1.807, 2.05) is 6.92 Å². The van der Waals surface area contributed by atoms with E-state index in [1.165, 1.54) is 0 Å². The monoisotopic (exact) mass is 368 g/mol. The Hall–Kier alpha value is -2.77. The Morgan fingerprint density at radius 1 is 1.19 bits per heavy atom. The van der Waals surface area contributed by atoms with Crippen molar-refractivity contribution in [2.45, 2.75) is 32.5 Å². The van der Waals surface area contributed by atoms with Gasteiger partial charge in [-0.3, -0.25) is 9.59 Å². The molecule has 5 nitrogen and oxygen atoms in total. The number of ether oxygens (including phenoxy) is 1. The van der Waals surface area contributed by atoms with Gasteiger partial charge in [-0.15, -0.1) is 0 Å². The maximum Gasteiger partial charge on any atom is 0.421 e. The Labute approximate surface area is 148 Å². The van der Waals surface area contributed by atoms with Crippen LogP contribution in [-0.2, 0) is 17.5 Å². The molecule has 0 fully saturated rings. The first-order valence-corrected chi connectivity index (χ1v) is 8.11. The molecule has 1 aromatic heterocycles. The zero-order chi connectivity index (χ0) is 19.2. The highest BCUT2D eigenvalue weighted by molar-refractivity contribution is 5.92. The average molecular weight is 368 g/mol. The lowest BCUT2D eigenvalue weighted by molar-refractivity contribution is -0.139. The topological polar surface area (TPSA) is 60.3 Å². The fourth-order valence-electron chi connectivity index (χ4n) is 2.24. The Morgan fingerprint density at radius 3 is 2.62 bits per heavy atom. The summed E-state index contributed by atoms with van der Waals surface area (Å²) >= 11 is 0. The lowest BCUT2D eigenvalue weighted by atomic mass is 10.2. The van der Waals surface area contributed by atoms with Crippen LogP contribution in [0, 0.1) is 0 Å². The minimum atomic E-state index is -4.77. The third-order valence-electron chi connectivity index (χ3n) is 3.56. The van der Waals surface area contributed by atoms with Gasteiger partial charge in [0.1, 0.15) is 17.9 Å². The lowest BCUT2D eigenvalue weighted by Crippen LogP contribution is -2.32. The number of aromatic nitrogens is 1. The first kappa shape index (κ1) is 19.6. The van der Waals surface area contributed by atoms with E-state index in [0.717, 1.165) is 29.7 Å². The predicted octanol–water partition coefficient (Wildman–Crippen LogP) is 3.68. The fourth-order valence-corrected chi connectivity index (χ4v) is 2.24. The lowest BCUT2D eigenvalue weighted by Gasteiger charge is -2.13. The third kappa shape index (κ3) is 5.11. The molecule has 1 aromatic carbocycles. The van der Waals surface area contributed by atoms with E-state index >= 15 is 0 Å². The van der Waals surface area contributed by atoms with Crippen molar-refractivity contribution < 1.29 is 22.7 Å². The largest absolute Gasteiger partial charge is 0.491 e. The smallest absolute Gasteiger partial charge is 0.421 e. The van der Waals surface area contributed by atoms with E-state index in [1.54, 1.807) is 24.3 Å². The number of alkyl halides is 3. The molecular formula is C18H19F3N2O3. The Bertz CT molecular complexity index is 816. The number of unbranched alkanes of at least 4 members (excludes halogenated alkanes) is 1. The van der Waals surface area contributed by atoms with Crippen molar-refractivity contribution in [1.82, 2.24) is 4.57 Å². The van der Waals surface area contributed by atoms with Gasteiger partial charge in [-0.05, 0) is 30.7 Å². The van der Waals surface area contributed by atoms with Crippen molar-refractivity contribution in [1.29, 1.82) is 0 Å². The van der Waals surface area contributed by atoms with Gasteiger partial charge in [-0.25, -0.2) is 0 Å². The molecule has 8 heteroatoms. The number of para-hydroxylation sites is 2. The summed E-state index contributed by atoms with van der Waals surface area (Å²) in [5.41, 5.74) is -2.17. The van der Waals surface area contributed by atoms with Gasteiger partial charge in [0.25, 0.3) is 5.56 Å². The number of pyridine rings is 1. The van der Waals surface area contributed by atoms with Gasteiger partial charge in [0.2, 0.25) is 5.91 Å². The molecule has 0 aliphatic heterocycles. The van der Waals surface area contributed by atoms with E-state index in [0.29, 0.717) is 24.1 Å². The molecule has 0 saturated carbocycles. The molecule has 2 aromatic rings. The molecular weight excluding hydrogens is 349 g/mol. The minimum absolute atomic E-state index is 0.397. The maximum atomic E-state index is 12.8.